The summed E-state index contributed by atoms with van der Waals surface area (Å²) in [6, 6.07) is 5.39. The number of carbonyl (C=O) groups is 2. The van der Waals surface area contributed by atoms with E-state index in [9.17, 15) is 9.59 Å². The van der Waals surface area contributed by atoms with Gasteiger partial charge < -0.3 is 15.2 Å². The zero-order chi connectivity index (χ0) is 12.8. The first-order chi connectivity index (χ1) is 8.08. The van der Waals surface area contributed by atoms with Crippen LogP contribution in [0.15, 0.2) is 24.3 Å². The van der Waals surface area contributed by atoms with E-state index in [0.29, 0.717) is 11.3 Å². The minimum absolute atomic E-state index is 0.0389. The van der Waals surface area contributed by atoms with Crippen LogP contribution < -0.4 is 10.1 Å². The third kappa shape index (κ3) is 3.67. The van der Waals surface area contributed by atoms with E-state index >= 15 is 0 Å². The van der Waals surface area contributed by atoms with Gasteiger partial charge in [-0.05, 0) is 24.3 Å². The molecule has 6 heteroatoms. The van der Waals surface area contributed by atoms with Crippen molar-refractivity contribution >= 4 is 24.5 Å². The van der Waals surface area contributed by atoms with E-state index in [-0.39, 0.29) is 5.75 Å². The summed E-state index contributed by atoms with van der Waals surface area (Å²) in [5.41, 5.74) is 0.374. The van der Waals surface area contributed by atoms with Crippen molar-refractivity contribution in [1.29, 1.82) is 0 Å². The number of hydrogen-bond donors (Lipinski definition) is 3. The first-order valence-corrected chi connectivity index (χ1v) is 5.50. The summed E-state index contributed by atoms with van der Waals surface area (Å²) in [4.78, 5) is 22.4. The second kappa shape index (κ2) is 6.15. The summed E-state index contributed by atoms with van der Waals surface area (Å²) in [7, 11) is 1.52. The first-order valence-electron chi connectivity index (χ1n) is 4.87. The van der Waals surface area contributed by atoms with Crippen molar-refractivity contribution in [2.75, 3.05) is 12.9 Å². The van der Waals surface area contributed by atoms with E-state index in [1.54, 1.807) is 24.3 Å². The van der Waals surface area contributed by atoms with Crippen LogP contribution in [0.25, 0.3) is 0 Å². The molecular formula is C11H13NO4S. The predicted octanol–water partition coefficient (Wildman–Crippen LogP) is 0.808. The largest absolute Gasteiger partial charge is 0.497 e. The van der Waals surface area contributed by atoms with Gasteiger partial charge in [0.25, 0.3) is 5.91 Å². The minimum Gasteiger partial charge on any atom is -0.497 e. The number of benzene rings is 1. The van der Waals surface area contributed by atoms with Crippen molar-refractivity contribution in [2.45, 2.75) is 6.04 Å². The van der Waals surface area contributed by atoms with Crippen LogP contribution in [0.2, 0.25) is 0 Å². The Morgan fingerprint density at radius 2 is 2.00 bits per heavy atom. The summed E-state index contributed by atoms with van der Waals surface area (Å²) in [6.07, 6.45) is 0. The van der Waals surface area contributed by atoms with Crippen molar-refractivity contribution in [2.24, 2.45) is 0 Å². The number of methoxy groups -OCH3 is 1. The molecule has 92 valence electrons. The lowest BCUT2D eigenvalue weighted by Gasteiger charge is -2.11. The van der Waals surface area contributed by atoms with Crippen molar-refractivity contribution in [3.63, 3.8) is 0 Å². The number of nitrogens with one attached hydrogen (secondary N) is 1. The normalized spacial score (nSPS) is 11.6. The van der Waals surface area contributed by atoms with Gasteiger partial charge in [-0.25, -0.2) is 4.79 Å². The SMILES string of the molecule is COc1ccc(C(=O)NC(CS)C(=O)O)cc1. The summed E-state index contributed by atoms with van der Waals surface area (Å²) >= 11 is 3.86. The summed E-state index contributed by atoms with van der Waals surface area (Å²) in [5, 5.41) is 11.1. The van der Waals surface area contributed by atoms with Gasteiger partial charge in [-0.15, -0.1) is 0 Å². The van der Waals surface area contributed by atoms with Crippen LogP contribution in [0, 0.1) is 0 Å². The second-order valence-electron chi connectivity index (χ2n) is 3.28. The number of carboxylic acids is 1. The fourth-order valence-corrected chi connectivity index (χ4v) is 1.42. The molecule has 5 nitrogen and oxygen atoms in total. The van der Waals surface area contributed by atoms with E-state index in [0.717, 1.165) is 0 Å². The Morgan fingerprint density at radius 1 is 1.41 bits per heavy atom. The quantitative estimate of drug-likeness (QED) is 0.680. The maximum atomic E-state index is 11.7. The molecule has 0 saturated carbocycles. The molecule has 1 atom stereocenters. The number of amides is 1. The summed E-state index contributed by atoms with van der Waals surface area (Å²) in [6.45, 7) is 0. The summed E-state index contributed by atoms with van der Waals surface area (Å²) < 4.78 is 4.95. The Morgan fingerprint density at radius 3 is 2.41 bits per heavy atom. The summed E-state index contributed by atoms with van der Waals surface area (Å²) in [5.74, 6) is -0.890. The average Bonchev–Trinajstić information content (AvgIpc) is 2.35. The molecule has 0 aromatic heterocycles. The molecule has 0 heterocycles. The topological polar surface area (TPSA) is 75.6 Å². The molecule has 1 unspecified atom stereocenters. The molecule has 0 aliphatic rings. The van der Waals surface area contributed by atoms with Gasteiger partial charge in [-0.3, -0.25) is 4.79 Å². The lowest BCUT2D eigenvalue weighted by atomic mass is 10.2. The van der Waals surface area contributed by atoms with E-state index in [1.807, 2.05) is 0 Å². The monoisotopic (exact) mass is 255 g/mol. The van der Waals surface area contributed by atoms with Crippen LogP contribution in [0.1, 0.15) is 10.4 Å². The smallest absolute Gasteiger partial charge is 0.327 e. The molecule has 0 saturated heterocycles. The second-order valence-corrected chi connectivity index (χ2v) is 3.64. The number of ether oxygens (including phenoxy) is 1. The predicted molar refractivity (Wildman–Crippen MR) is 65.7 cm³/mol. The Hall–Kier alpha value is -1.69. The molecule has 0 bridgehead atoms. The molecule has 0 aliphatic carbocycles. The van der Waals surface area contributed by atoms with Gasteiger partial charge in [0, 0.05) is 11.3 Å². The van der Waals surface area contributed by atoms with Gasteiger partial charge in [-0.2, -0.15) is 12.6 Å². The maximum Gasteiger partial charge on any atom is 0.327 e. The van der Waals surface area contributed by atoms with E-state index < -0.39 is 17.9 Å². The molecule has 0 aliphatic heterocycles. The lowest BCUT2D eigenvalue weighted by Crippen LogP contribution is -2.42. The van der Waals surface area contributed by atoms with Crippen LogP contribution in [0.3, 0.4) is 0 Å². The molecule has 0 spiro atoms. The molecule has 1 amide bonds. The average molecular weight is 255 g/mol. The molecule has 17 heavy (non-hydrogen) atoms. The molecule has 1 aromatic rings. The highest BCUT2D eigenvalue weighted by molar-refractivity contribution is 7.80. The Balaban J connectivity index is 2.72. The van der Waals surface area contributed by atoms with Crippen LogP contribution >= 0.6 is 12.6 Å². The third-order valence-corrected chi connectivity index (χ3v) is 2.50. The van der Waals surface area contributed by atoms with Crippen molar-refractivity contribution in [1.82, 2.24) is 5.32 Å². The number of rotatable bonds is 5. The number of aliphatic carboxylic acids is 1. The highest BCUT2D eigenvalue weighted by Crippen LogP contribution is 2.11. The van der Waals surface area contributed by atoms with Crippen LogP contribution in [0.5, 0.6) is 5.75 Å². The zero-order valence-corrected chi connectivity index (χ0v) is 10.1. The van der Waals surface area contributed by atoms with Gasteiger partial charge >= 0.3 is 5.97 Å². The molecule has 0 fully saturated rings. The Kier molecular flexibility index (Phi) is 4.84. The molecule has 1 rings (SSSR count). The first kappa shape index (κ1) is 13.4. The van der Waals surface area contributed by atoms with Crippen molar-refractivity contribution < 1.29 is 19.4 Å². The lowest BCUT2D eigenvalue weighted by molar-refractivity contribution is -0.138. The van der Waals surface area contributed by atoms with Gasteiger partial charge in [0.05, 0.1) is 7.11 Å². The highest BCUT2D eigenvalue weighted by atomic mass is 32.1. The third-order valence-electron chi connectivity index (χ3n) is 2.14. The van der Waals surface area contributed by atoms with Gasteiger partial charge in [-0.1, -0.05) is 0 Å². The highest BCUT2D eigenvalue weighted by Gasteiger charge is 2.18. The number of hydrogen-bond acceptors (Lipinski definition) is 4. The van der Waals surface area contributed by atoms with E-state index in [4.69, 9.17) is 9.84 Å². The molecule has 0 radical (unpaired) electrons. The molecular weight excluding hydrogens is 242 g/mol. The van der Waals surface area contributed by atoms with Crippen LogP contribution in [-0.2, 0) is 4.79 Å². The standard InChI is InChI=1S/C11H13NO4S/c1-16-8-4-2-7(3-5-8)10(13)12-9(6-17)11(14)15/h2-5,9,17H,6H2,1H3,(H,12,13)(H,14,15). The van der Waals surface area contributed by atoms with Gasteiger partial charge in [0.15, 0.2) is 0 Å². The van der Waals surface area contributed by atoms with Crippen molar-refractivity contribution in [3.05, 3.63) is 29.8 Å². The van der Waals surface area contributed by atoms with E-state index in [1.165, 1.54) is 7.11 Å². The van der Waals surface area contributed by atoms with Gasteiger partial charge in [0.2, 0.25) is 0 Å². The van der Waals surface area contributed by atoms with Crippen LogP contribution in [-0.4, -0.2) is 35.9 Å². The Labute approximate surface area is 104 Å². The fraction of sp³-hybridized carbons (Fsp3) is 0.273. The number of carboxylic acid groups (broad SMARTS) is 1. The van der Waals surface area contributed by atoms with E-state index in [2.05, 4.69) is 17.9 Å². The van der Waals surface area contributed by atoms with Gasteiger partial charge in [0.1, 0.15) is 11.8 Å². The number of thiol groups is 1. The number of carbonyl (C=O) groups excluding carboxylic acids is 1. The zero-order valence-electron chi connectivity index (χ0n) is 9.21. The van der Waals surface area contributed by atoms with Crippen molar-refractivity contribution in [3.8, 4) is 5.75 Å². The molecule has 2 N–H and O–H groups in total. The fourth-order valence-electron chi connectivity index (χ4n) is 1.17. The minimum atomic E-state index is -1.11. The Bertz CT molecular complexity index is 404. The maximum absolute atomic E-state index is 11.7. The molecule has 1 aromatic carbocycles. The van der Waals surface area contributed by atoms with Crippen LogP contribution in [0.4, 0.5) is 0 Å².